The average molecular weight is 447 g/mol. The number of thiazole rings is 1. The minimum absolute atomic E-state index is 0.0351. The molecule has 0 bridgehead atoms. The number of halogens is 3. The lowest BCUT2D eigenvalue weighted by molar-refractivity contribution is -0.137. The maximum Gasteiger partial charge on any atom is 0.416 e. The summed E-state index contributed by atoms with van der Waals surface area (Å²) < 4.78 is 38.7. The van der Waals surface area contributed by atoms with Gasteiger partial charge in [0.2, 0.25) is 5.91 Å². The third kappa shape index (κ3) is 5.49. The van der Waals surface area contributed by atoms with Crippen molar-refractivity contribution >= 4 is 28.8 Å². The highest BCUT2D eigenvalue weighted by Gasteiger charge is 2.30. The van der Waals surface area contributed by atoms with Crippen molar-refractivity contribution in [3.8, 4) is 10.6 Å². The molecule has 0 aliphatic rings. The fraction of sp³-hybridized carbons (Fsp3) is 0.227. The van der Waals surface area contributed by atoms with E-state index in [9.17, 15) is 22.8 Å². The normalized spacial score (nSPS) is 11.3. The maximum absolute atomic E-state index is 12.9. The molecule has 0 spiro atoms. The molecule has 3 rings (SSSR count). The van der Waals surface area contributed by atoms with Crippen LogP contribution in [0.1, 0.15) is 32.7 Å². The van der Waals surface area contributed by atoms with Crippen molar-refractivity contribution in [3.63, 3.8) is 0 Å². The van der Waals surface area contributed by atoms with Crippen molar-refractivity contribution < 1.29 is 22.8 Å². The van der Waals surface area contributed by atoms with Gasteiger partial charge in [-0.05, 0) is 44.0 Å². The first kappa shape index (κ1) is 22.5. The maximum atomic E-state index is 12.9. The molecule has 5 nitrogen and oxygen atoms in total. The van der Waals surface area contributed by atoms with Crippen molar-refractivity contribution in [2.24, 2.45) is 0 Å². The molecule has 0 saturated heterocycles. The minimum Gasteiger partial charge on any atom is -0.342 e. The van der Waals surface area contributed by atoms with Gasteiger partial charge in [0.1, 0.15) is 10.7 Å². The van der Waals surface area contributed by atoms with Crippen LogP contribution in [-0.2, 0) is 11.0 Å². The Hall–Kier alpha value is -3.20. The SMILES string of the molecule is Cc1cc(C)c(NC(=O)CNC(=O)c2csc(-c3cccc(C(F)(F)F)c3)n2)c(C)c1. The molecule has 0 radical (unpaired) electrons. The van der Waals surface area contributed by atoms with Crippen molar-refractivity contribution in [2.45, 2.75) is 26.9 Å². The lowest BCUT2D eigenvalue weighted by atomic mass is 10.1. The number of rotatable bonds is 5. The van der Waals surface area contributed by atoms with Crippen LogP contribution in [0.5, 0.6) is 0 Å². The molecule has 3 aromatic rings. The largest absolute Gasteiger partial charge is 0.416 e. The van der Waals surface area contributed by atoms with Gasteiger partial charge in [-0.15, -0.1) is 11.3 Å². The molecule has 1 heterocycles. The van der Waals surface area contributed by atoms with E-state index < -0.39 is 23.6 Å². The van der Waals surface area contributed by atoms with Crippen LogP contribution in [0.3, 0.4) is 0 Å². The highest BCUT2D eigenvalue weighted by molar-refractivity contribution is 7.13. The number of hydrogen-bond acceptors (Lipinski definition) is 4. The van der Waals surface area contributed by atoms with Gasteiger partial charge in [0.05, 0.1) is 12.1 Å². The van der Waals surface area contributed by atoms with E-state index in [0.717, 1.165) is 40.2 Å². The molecule has 0 saturated carbocycles. The zero-order chi connectivity index (χ0) is 22.8. The van der Waals surface area contributed by atoms with Gasteiger partial charge in [0, 0.05) is 16.6 Å². The fourth-order valence-electron chi connectivity index (χ4n) is 3.15. The Morgan fingerprint density at radius 3 is 2.39 bits per heavy atom. The molecule has 0 atom stereocenters. The lowest BCUT2D eigenvalue weighted by Gasteiger charge is -2.13. The van der Waals surface area contributed by atoms with Crippen LogP contribution in [0.4, 0.5) is 18.9 Å². The number of anilines is 1. The Labute approximate surface area is 181 Å². The molecule has 31 heavy (non-hydrogen) atoms. The molecule has 1 aromatic heterocycles. The van der Waals surface area contributed by atoms with Crippen LogP contribution in [0.25, 0.3) is 10.6 Å². The average Bonchev–Trinajstić information content (AvgIpc) is 3.19. The number of amides is 2. The molecular weight excluding hydrogens is 427 g/mol. The van der Waals surface area contributed by atoms with Gasteiger partial charge in [-0.2, -0.15) is 13.2 Å². The topological polar surface area (TPSA) is 71.1 Å². The Morgan fingerprint density at radius 1 is 1.06 bits per heavy atom. The summed E-state index contributed by atoms with van der Waals surface area (Å²) >= 11 is 1.05. The summed E-state index contributed by atoms with van der Waals surface area (Å²) in [6.45, 7) is 5.48. The Kier molecular flexibility index (Phi) is 6.45. The molecule has 0 aliphatic carbocycles. The van der Waals surface area contributed by atoms with Crippen molar-refractivity contribution in [1.29, 1.82) is 0 Å². The van der Waals surface area contributed by atoms with E-state index in [4.69, 9.17) is 0 Å². The Balaban J connectivity index is 1.64. The van der Waals surface area contributed by atoms with Gasteiger partial charge >= 0.3 is 6.18 Å². The zero-order valence-electron chi connectivity index (χ0n) is 17.1. The molecule has 0 aliphatic heterocycles. The third-order valence-electron chi connectivity index (χ3n) is 4.52. The number of aromatic nitrogens is 1. The number of nitrogens with one attached hydrogen (secondary N) is 2. The summed E-state index contributed by atoms with van der Waals surface area (Å²) in [5.41, 5.74) is 3.14. The Bertz CT molecular complexity index is 1120. The van der Waals surface area contributed by atoms with Crippen LogP contribution in [0, 0.1) is 20.8 Å². The number of carbonyl (C=O) groups excluding carboxylic acids is 2. The third-order valence-corrected chi connectivity index (χ3v) is 5.42. The highest BCUT2D eigenvalue weighted by atomic mass is 32.1. The van der Waals surface area contributed by atoms with Crippen molar-refractivity contribution in [3.05, 3.63) is 69.7 Å². The molecule has 162 valence electrons. The molecule has 2 amide bonds. The monoisotopic (exact) mass is 447 g/mol. The summed E-state index contributed by atoms with van der Waals surface area (Å²) in [7, 11) is 0. The summed E-state index contributed by atoms with van der Waals surface area (Å²) in [5.74, 6) is -0.973. The first-order valence-electron chi connectivity index (χ1n) is 9.33. The highest BCUT2D eigenvalue weighted by Crippen LogP contribution is 2.33. The van der Waals surface area contributed by atoms with Crippen LogP contribution in [-0.4, -0.2) is 23.3 Å². The molecule has 9 heteroatoms. The molecule has 0 fully saturated rings. The first-order valence-corrected chi connectivity index (χ1v) is 10.2. The lowest BCUT2D eigenvalue weighted by Crippen LogP contribution is -2.33. The number of aryl methyl sites for hydroxylation is 3. The summed E-state index contributed by atoms with van der Waals surface area (Å²) in [6.07, 6.45) is -4.46. The molecule has 0 unspecified atom stereocenters. The Morgan fingerprint density at radius 2 is 1.74 bits per heavy atom. The summed E-state index contributed by atoms with van der Waals surface area (Å²) in [5, 5.41) is 6.99. The second kappa shape index (κ2) is 8.89. The van der Waals surface area contributed by atoms with Gasteiger partial charge in [-0.3, -0.25) is 9.59 Å². The standard InChI is InChI=1S/C22H20F3N3O2S/c1-12-7-13(2)19(14(3)8-12)28-18(29)10-26-20(30)17-11-31-21(27-17)15-5-4-6-16(9-15)22(23,24)25/h4-9,11H,10H2,1-3H3,(H,26,30)(H,28,29). The van der Waals surface area contributed by atoms with E-state index in [1.807, 2.05) is 32.9 Å². The second-order valence-electron chi connectivity index (χ2n) is 7.12. The number of carbonyl (C=O) groups is 2. The number of alkyl halides is 3. The quantitative estimate of drug-likeness (QED) is 0.570. The van der Waals surface area contributed by atoms with Gasteiger partial charge in [0.25, 0.3) is 5.91 Å². The second-order valence-corrected chi connectivity index (χ2v) is 7.98. The molecule has 2 N–H and O–H groups in total. The van der Waals surface area contributed by atoms with E-state index in [1.54, 1.807) is 0 Å². The number of hydrogen-bond donors (Lipinski definition) is 2. The first-order chi connectivity index (χ1) is 14.5. The predicted octanol–water partition coefficient (Wildman–Crippen LogP) is 5.12. The van der Waals surface area contributed by atoms with E-state index >= 15 is 0 Å². The summed E-state index contributed by atoms with van der Waals surface area (Å²) in [4.78, 5) is 28.7. The van der Waals surface area contributed by atoms with Crippen LogP contribution in [0.15, 0.2) is 41.8 Å². The van der Waals surface area contributed by atoms with Crippen LogP contribution in [0.2, 0.25) is 0 Å². The minimum atomic E-state index is -4.46. The zero-order valence-corrected chi connectivity index (χ0v) is 17.9. The van der Waals surface area contributed by atoms with Gasteiger partial charge < -0.3 is 10.6 Å². The van der Waals surface area contributed by atoms with Crippen molar-refractivity contribution in [2.75, 3.05) is 11.9 Å². The number of benzene rings is 2. The predicted molar refractivity (Wildman–Crippen MR) is 114 cm³/mol. The van der Waals surface area contributed by atoms with E-state index in [0.29, 0.717) is 5.69 Å². The van der Waals surface area contributed by atoms with Gasteiger partial charge in [-0.25, -0.2) is 4.98 Å². The molecule has 2 aromatic carbocycles. The van der Waals surface area contributed by atoms with E-state index in [2.05, 4.69) is 15.6 Å². The number of nitrogens with zero attached hydrogens (tertiary/aromatic N) is 1. The fourth-order valence-corrected chi connectivity index (χ4v) is 3.95. The molecular formula is C22H20F3N3O2S. The van der Waals surface area contributed by atoms with Crippen LogP contribution >= 0.6 is 11.3 Å². The van der Waals surface area contributed by atoms with Gasteiger partial charge in [0.15, 0.2) is 0 Å². The summed E-state index contributed by atoms with van der Waals surface area (Å²) in [6, 6.07) is 8.65. The van der Waals surface area contributed by atoms with Crippen LogP contribution < -0.4 is 10.6 Å². The van der Waals surface area contributed by atoms with Crippen molar-refractivity contribution in [1.82, 2.24) is 10.3 Å². The van der Waals surface area contributed by atoms with E-state index in [-0.39, 0.29) is 22.8 Å². The van der Waals surface area contributed by atoms with E-state index in [1.165, 1.54) is 17.5 Å². The van der Waals surface area contributed by atoms with Gasteiger partial charge in [-0.1, -0.05) is 29.8 Å². The smallest absolute Gasteiger partial charge is 0.342 e.